The fourth-order valence-corrected chi connectivity index (χ4v) is 2.35. The highest BCUT2D eigenvalue weighted by Crippen LogP contribution is 2.30. The third kappa shape index (κ3) is 1.39. The van der Waals surface area contributed by atoms with Crippen LogP contribution in [0.5, 0.6) is 0 Å². The Bertz CT molecular complexity index is 484. The average Bonchev–Trinajstić information content (AvgIpc) is 2.51. The molecule has 0 saturated carbocycles. The molecule has 2 nitrogen and oxygen atoms in total. The second kappa shape index (κ2) is 3.33. The fraction of sp³-hybridized carbons (Fsp3) is 0.111. The van der Waals surface area contributed by atoms with Crippen LogP contribution in [0.25, 0.3) is 15.1 Å². The fourth-order valence-electron chi connectivity index (χ4n) is 1.15. The minimum atomic E-state index is 0.382. The summed E-state index contributed by atoms with van der Waals surface area (Å²) in [5, 5.41) is 2.66. The number of fused-ring (bicyclic) bond motifs is 1. The van der Waals surface area contributed by atoms with E-state index in [2.05, 4.69) is 9.83 Å². The average molecular weight is 209 g/mol. The second-order valence-electron chi connectivity index (χ2n) is 2.55. The Kier molecular flexibility index (Phi) is 2.17. The summed E-state index contributed by atoms with van der Waals surface area (Å²) in [6, 6.07) is 1.77. The van der Waals surface area contributed by atoms with Crippen molar-refractivity contribution in [3.8, 4) is 0 Å². The number of hydrogen-bond acceptors (Lipinski definition) is 2. The predicted octanol–water partition coefficient (Wildman–Crippen LogP) is 3.37. The van der Waals surface area contributed by atoms with Gasteiger partial charge >= 0.3 is 0 Å². The van der Waals surface area contributed by atoms with E-state index in [1.165, 1.54) is 0 Å². The highest BCUT2D eigenvalue weighted by Gasteiger charge is 2.09. The Hall–Kier alpha value is -1.11. The number of thiophene rings is 1. The molecule has 0 bridgehead atoms. The molecule has 13 heavy (non-hydrogen) atoms. The molecule has 0 atom stereocenters. The maximum Gasteiger partial charge on any atom is 0.242 e. The van der Waals surface area contributed by atoms with Crippen LogP contribution >= 0.6 is 22.9 Å². The molecule has 0 aliphatic carbocycles. The van der Waals surface area contributed by atoms with Gasteiger partial charge in [-0.15, -0.1) is 11.3 Å². The molecular formula is C9H5ClN2S. The smallest absolute Gasteiger partial charge is 0.242 e. The Balaban J connectivity index is 2.70. The Morgan fingerprint density at radius 3 is 3.23 bits per heavy atom. The molecule has 0 aliphatic rings. The molecule has 64 valence electrons. The van der Waals surface area contributed by atoms with E-state index in [1.807, 2.05) is 5.38 Å². The van der Waals surface area contributed by atoms with Crippen LogP contribution in [0.2, 0.25) is 5.02 Å². The van der Waals surface area contributed by atoms with Gasteiger partial charge in [-0.05, 0) is 6.07 Å². The zero-order valence-corrected chi connectivity index (χ0v) is 8.19. The first-order valence-corrected chi connectivity index (χ1v) is 4.92. The third-order valence-corrected chi connectivity index (χ3v) is 3.21. The summed E-state index contributed by atoms with van der Waals surface area (Å²) < 4.78 is 0.975. The number of pyridine rings is 1. The molecule has 0 fully saturated rings. The lowest BCUT2D eigenvalue weighted by Crippen LogP contribution is -1.79. The maximum atomic E-state index is 6.78. The van der Waals surface area contributed by atoms with Crippen molar-refractivity contribution in [2.24, 2.45) is 0 Å². The molecule has 0 radical (unpaired) electrons. The highest BCUT2D eigenvalue weighted by molar-refractivity contribution is 7.18. The normalized spacial score (nSPS) is 10.2. The van der Waals surface area contributed by atoms with E-state index in [1.54, 1.807) is 23.6 Å². The molecule has 2 aromatic rings. The van der Waals surface area contributed by atoms with Crippen LogP contribution in [0, 0.1) is 6.57 Å². The lowest BCUT2D eigenvalue weighted by molar-refractivity contribution is 1.28. The van der Waals surface area contributed by atoms with Crippen molar-refractivity contribution in [2.45, 2.75) is 6.54 Å². The van der Waals surface area contributed by atoms with E-state index in [4.69, 9.17) is 18.2 Å². The second-order valence-corrected chi connectivity index (χ2v) is 3.83. The summed E-state index contributed by atoms with van der Waals surface area (Å²) >= 11 is 7.51. The van der Waals surface area contributed by atoms with Crippen LogP contribution in [-0.2, 0) is 6.54 Å². The highest BCUT2D eigenvalue weighted by atomic mass is 35.5. The molecule has 0 spiro atoms. The van der Waals surface area contributed by atoms with Crippen LogP contribution in [0.3, 0.4) is 0 Å². The number of halogens is 1. The molecule has 0 aliphatic heterocycles. The largest absolute Gasteiger partial charge is 0.312 e. The molecule has 2 aromatic heterocycles. The van der Waals surface area contributed by atoms with Crippen molar-refractivity contribution >= 4 is 33.2 Å². The molecule has 0 unspecified atom stereocenters. The number of rotatable bonds is 1. The molecular weight excluding hydrogens is 204 g/mol. The van der Waals surface area contributed by atoms with Crippen molar-refractivity contribution in [2.75, 3.05) is 0 Å². The van der Waals surface area contributed by atoms with Gasteiger partial charge in [0.2, 0.25) is 6.54 Å². The van der Waals surface area contributed by atoms with Gasteiger partial charge in [0.05, 0.1) is 20.8 Å². The number of hydrogen-bond donors (Lipinski definition) is 0. The maximum absolute atomic E-state index is 6.78. The third-order valence-electron chi connectivity index (χ3n) is 1.73. The predicted molar refractivity (Wildman–Crippen MR) is 54.9 cm³/mol. The van der Waals surface area contributed by atoms with Gasteiger partial charge in [0, 0.05) is 11.6 Å². The van der Waals surface area contributed by atoms with Crippen LogP contribution in [0.4, 0.5) is 0 Å². The zero-order chi connectivity index (χ0) is 9.26. The van der Waals surface area contributed by atoms with Crippen molar-refractivity contribution in [1.29, 1.82) is 0 Å². The van der Waals surface area contributed by atoms with E-state index >= 15 is 0 Å². The minimum Gasteiger partial charge on any atom is -0.312 e. The summed E-state index contributed by atoms with van der Waals surface area (Å²) in [7, 11) is 0. The van der Waals surface area contributed by atoms with E-state index < -0.39 is 0 Å². The van der Waals surface area contributed by atoms with Crippen molar-refractivity contribution in [3.05, 3.63) is 39.6 Å². The SMILES string of the molecule is [C-]#[N+]Cc1csc2c(Cl)ccnc12. The monoisotopic (exact) mass is 208 g/mol. The van der Waals surface area contributed by atoms with Crippen LogP contribution in [0.1, 0.15) is 5.56 Å². The summed E-state index contributed by atoms with van der Waals surface area (Å²) in [5.74, 6) is 0. The summed E-state index contributed by atoms with van der Waals surface area (Å²) in [6.07, 6.45) is 1.67. The van der Waals surface area contributed by atoms with Gasteiger partial charge in [-0.25, -0.2) is 6.57 Å². The number of aromatic nitrogens is 1. The van der Waals surface area contributed by atoms with Crippen LogP contribution in [-0.4, -0.2) is 4.98 Å². The van der Waals surface area contributed by atoms with Gasteiger partial charge in [-0.1, -0.05) is 11.6 Å². The first kappa shape index (κ1) is 8.49. The van der Waals surface area contributed by atoms with Gasteiger partial charge in [0.25, 0.3) is 0 Å². The quantitative estimate of drug-likeness (QED) is 0.657. The van der Waals surface area contributed by atoms with Crippen molar-refractivity contribution in [3.63, 3.8) is 0 Å². The van der Waals surface area contributed by atoms with Gasteiger partial charge in [0.15, 0.2) is 0 Å². The standard InChI is InChI=1S/C9H5ClN2S/c1-11-4-6-5-13-9-7(10)2-3-12-8(6)9/h2-3,5H,4H2. The molecule has 0 N–H and O–H groups in total. The van der Waals surface area contributed by atoms with Gasteiger partial charge < -0.3 is 4.85 Å². The van der Waals surface area contributed by atoms with Gasteiger partial charge in [0.1, 0.15) is 0 Å². The van der Waals surface area contributed by atoms with Gasteiger partial charge in [-0.2, -0.15) is 0 Å². The molecule has 4 heteroatoms. The van der Waals surface area contributed by atoms with E-state index in [-0.39, 0.29) is 0 Å². The van der Waals surface area contributed by atoms with Crippen molar-refractivity contribution < 1.29 is 0 Å². The molecule has 0 amide bonds. The topological polar surface area (TPSA) is 17.2 Å². The van der Waals surface area contributed by atoms with Crippen LogP contribution in [0.15, 0.2) is 17.6 Å². The molecule has 0 saturated heterocycles. The first-order valence-electron chi connectivity index (χ1n) is 3.66. The Morgan fingerprint density at radius 2 is 2.46 bits per heavy atom. The van der Waals surface area contributed by atoms with E-state index in [0.717, 1.165) is 15.8 Å². The summed E-state index contributed by atoms with van der Waals surface area (Å²) in [6.45, 7) is 7.16. The van der Waals surface area contributed by atoms with E-state index in [9.17, 15) is 0 Å². The number of nitrogens with zero attached hydrogens (tertiary/aromatic N) is 2. The molecule has 2 heterocycles. The molecule has 2 rings (SSSR count). The van der Waals surface area contributed by atoms with Crippen LogP contribution < -0.4 is 0 Å². The summed E-state index contributed by atoms with van der Waals surface area (Å²) in [4.78, 5) is 7.53. The minimum absolute atomic E-state index is 0.382. The zero-order valence-electron chi connectivity index (χ0n) is 6.62. The van der Waals surface area contributed by atoms with Crippen molar-refractivity contribution in [1.82, 2.24) is 4.98 Å². The van der Waals surface area contributed by atoms with Gasteiger partial charge in [-0.3, -0.25) is 4.98 Å². The Labute approximate surface area is 84.6 Å². The Morgan fingerprint density at radius 1 is 1.62 bits per heavy atom. The first-order chi connectivity index (χ1) is 6.33. The molecule has 0 aromatic carbocycles. The lowest BCUT2D eigenvalue weighted by atomic mass is 10.3. The van der Waals surface area contributed by atoms with E-state index in [0.29, 0.717) is 11.6 Å². The summed E-state index contributed by atoms with van der Waals surface area (Å²) in [5.41, 5.74) is 1.84. The lowest BCUT2D eigenvalue weighted by Gasteiger charge is -1.91.